The monoisotopic (exact) mass is 376 g/mol. The van der Waals surface area contributed by atoms with Crippen molar-refractivity contribution in [1.82, 2.24) is 4.72 Å². The van der Waals surface area contributed by atoms with Crippen LogP contribution in [0.15, 0.2) is 35.2 Å². The number of ether oxygens (including phenoxy) is 2. The number of nitro groups is 1. The zero-order chi connectivity index (χ0) is 18.6. The van der Waals surface area contributed by atoms with Gasteiger partial charge in [-0.25, -0.2) is 8.42 Å². The molecule has 10 heteroatoms. The van der Waals surface area contributed by atoms with E-state index in [-0.39, 0.29) is 17.2 Å². The molecule has 0 saturated heterocycles. The zero-order valence-corrected chi connectivity index (χ0v) is 16.3. The topological polar surface area (TPSA) is 108 Å². The first-order valence-electron chi connectivity index (χ1n) is 7.32. The van der Waals surface area contributed by atoms with Gasteiger partial charge in [0.25, 0.3) is 0 Å². The molecule has 136 valence electrons. The third-order valence-electron chi connectivity index (χ3n) is 3.49. The fourth-order valence-corrected chi connectivity index (χ4v) is 4.49. The van der Waals surface area contributed by atoms with Gasteiger partial charge >= 0.3 is 5.85 Å². The lowest BCUT2D eigenvalue weighted by Gasteiger charge is -2.30. The normalized spacial score (nSPS) is 16.4. The molecule has 0 aliphatic carbocycles. The summed E-state index contributed by atoms with van der Waals surface area (Å²) in [5.74, 6) is -2.29. The average Bonchev–Trinajstić information content (AvgIpc) is 2.46. The third kappa shape index (κ3) is 5.35. The molecule has 1 aromatic rings. The molecule has 0 aliphatic rings. The zero-order valence-electron chi connectivity index (χ0n) is 14.5. The summed E-state index contributed by atoms with van der Waals surface area (Å²) in [5, 5.41) is 11.4. The Balaban J connectivity index is 2.99. The summed E-state index contributed by atoms with van der Waals surface area (Å²) in [6.45, 7) is 7.08. The Hall–Kier alpha value is -1.33. The van der Waals surface area contributed by atoms with Gasteiger partial charge in [-0.3, -0.25) is 14.9 Å². The van der Waals surface area contributed by atoms with Gasteiger partial charge in [0.05, 0.1) is 37.2 Å². The second-order valence-electron chi connectivity index (χ2n) is 6.56. The maximum atomic E-state index is 12.3. The maximum Gasteiger partial charge on any atom is 0.396 e. The molecule has 2 unspecified atom stereocenters. The molecule has 1 N–H and O–H groups in total. The van der Waals surface area contributed by atoms with E-state index in [2.05, 4.69) is 0 Å². The fourth-order valence-electron chi connectivity index (χ4n) is 1.94. The number of nitrogens with one attached hydrogen (secondary N) is 1. The van der Waals surface area contributed by atoms with Crippen molar-refractivity contribution in [2.45, 2.75) is 43.0 Å². The first-order valence-corrected chi connectivity index (χ1v) is 12.4. The fraction of sp³-hybridized carbons (Fsp3) is 0.571. The Bertz CT molecular complexity index is 662. The SMILES string of the molecule is COC(COC(C)(NS(=O)(=O)c1ccccc1)[N+](=O)[O-])[Si](C)(C)C. The van der Waals surface area contributed by atoms with Crippen LogP contribution in [0.25, 0.3) is 0 Å². The van der Waals surface area contributed by atoms with Crippen LogP contribution in [0.1, 0.15) is 6.92 Å². The number of sulfonamides is 1. The van der Waals surface area contributed by atoms with E-state index in [1.165, 1.54) is 31.4 Å². The van der Waals surface area contributed by atoms with E-state index < -0.39 is 28.9 Å². The molecule has 0 saturated carbocycles. The minimum atomic E-state index is -4.10. The molecular weight excluding hydrogens is 352 g/mol. The Morgan fingerprint density at radius 2 is 1.83 bits per heavy atom. The van der Waals surface area contributed by atoms with Gasteiger partial charge in [0.15, 0.2) is 0 Å². The Labute approximate surface area is 143 Å². The Morgan fingerprint density at radius 3 is 2.25 bits per heavy atom. The first-order chi connectivity index (χ1) is 10.9. The van der Waals surface area contributed by atoms with E-state index in [0.717, 1.165) is 6.92 Å². The smallest absolute Gasteiger partial charge is 0.383 e. The van der Waals surface area contributed by atoms with Gasteiger partial charge < -0.3 is 4.74 Å². The van der Waals surface area contributed by atoms with E-state index in [1.807, 2.05) is 24.4 Å². The van der Waals surface area contributed by atoms with Crippen LogP contribution >= 0.6 is 0 Å². The van der Waals surface area contributed by atoms with Crippen LogP contribution in [0, 0.1) is 10.1 Å². The summed E-state index contributed by atoms with van der Waals surface area (Å²) in [5.41, 5.74) is -0.307. The van der Waals surface area contributed by atoms with E-state index in [1.54, 1.807) is 6.07 Å². The molecule has 0 bridgehead atoms. The molecule has 24 heavy (non-hydrogen) atoms. The van der Waals surface area contributed by atoms with Crippen molar-refractivity contribution in [3.63, 3.8) is 0 Å². The molecule has 0 radical (unpaired) electrons. The third-order valence-corrected chi connectivity index (χ3v) is 7.37. The number of benzene rings is 1. The molecule has 2 atom stereocenters. The van der Waals surface area contributed by atoms with Crippen molar-refractivity contribution in [3.8, 4) is 0 Å². The maximum absolute atomic E-state index is 12.3. The lowest BCUT2D eigenvalue weighted by molar-refractivity contribution is -0.629. The molecule has 8 nitrogen and oxygen atoms in total. The van der Waals surface area contributed by atoms with Crippen LogP contribution in [0.4, 0.5) is 0 Å². The van der Waals surface area contributed by atoms with Gasteiger partial charge in [0.2, 0.25) is 10.0 Å². The van der Waals surface area contributed by atoms with Crippen molar-refractivity contribution in [2.24, 2.45) is 0 Å². The summed E-state index contributed by atoms with van der Waals surface area (Å²) < 4.78 is 37.4. The number of nitrogens with zero attached hydrogens (tertiary/aromatic N) is 1. The number of hydrogen-bond donors (Lipinski definition) is 1. The van der Waals surface area contributed by atoms with Gasteiger partial charge in [-0.1, -0.05) is 37.8 Å². The number of rotatable bonds is 9. The highest BCUT2D eigenvalue weighted by Gasteiger charge is 2.45. The van der Waals surface area contributed by atoms with Gasteiger partial charge in [-0.2, -0.15) is 0 Å². The van der Waals surface area contributed by atoms with Crippen LogP contribution in [-0.2, 0) is 19.5 Å². The van der Waals surface area contributed by atoms with Crippen molar-refractivity contribution in [2.75, 3.05) is 13.7 Å². The molecule has 1 aromatic carbocycles. The Kier molecular flexibility index (Phi) is 6.65. The van der Waals surface area contributed by atoms with Gasteiger partial charge in [-0.15, -0.1) is 4.72 Å². The minimum Gasteiger partial charge on any atom is -0.383 e. The first kappa shape index (κ1) is 20.7. The second kappa shape index (κ2) is 7.70. The van der Waals surface area contributed by atoms with Gasteiger partial charge in [0, 0.05) is 7.11 Å². The molecular formula is C14H24N2O6SSi. The van der Waals surface area contributed by atoms with Crippen LogP contribution in [-0.4, -0.2) is 46.7 Å². The van der Waals surface area contributed by atoms with Crippen LogP contribution in [0.2, 0.25) is 19.6 Å². The van der Waals surface area contributed by atoms with E-state index >= 15 is 0 Å². The molecule has 0 fully saturated rings. The van der Waals surface area contributed by atoms with Crippen LogP contribution in [0.3, 0.4) is 0 Å². The van der Waals surface area contributed by atoms with Crippen molar-refractivity contribution in [3.05, 3.63) is 40.4 Å². The van der Waals surface area contributed by atoms with Crippen molar-refractivity contribution < 1.29 is 22.8 Å². The molecule has 0 aliphatic heterocycles. The predicted molar refractivity (Wildman–Crippen MR) is 92.3 cm³/mol. The summed E-state index contributed by atoms with van der Waals surface area (Å²) in [6.07, 6.45) is 0. The second-order valence-corrected chi connectivity index (χ2v) is 13.6. The largest absolute Gasteiger partial charge is 0.396 e. The lowest BCUT2D eigenvalue weighted by Crippen LogP contribution is -2.56. The predicted octanol–water partition coefficient (Wildman–Crippen LogP) is 1.82. The van der Waals surface area contributed by atoms with Gasteiger partial charge in [-0.05, 0) is 12.1 Å². The molecule has 0 aromatic heterocycles. The molecule has 0 spiro atoms. The highest BCUT2D eigenvalue weighted by Crippen LogP contribution is 2.18. The standard InChI is InChI=1S/C14H24N2O6SSi/c1-14(16(17)18,22-11-13(21-2)24(3,4)5)15-23(19,20)12-9-7-6-8-10-12/h6-10,13,15H,11H2,1-5H3. The number of hydrogen-bond acceptors (Lipinski definition) is 6. The summed E-state index contributed by atoms with van der Waals surface area (Å²) in [7, 11) is -4.39. The van der Waals surface area contributed by atoms with Crippen LogP contribution < -0.4 is 4.72 Å². The summed E-state index contributed by atoms with van der Waals surface area (Å²) in [4.78, 5) is 10.5. The molecule has 1 rings (SSSR count). The molecule has 0 heterocycles. The van der Waals surface area contributed by atoms with Crippen LogP contribution in [0.5, 0.6) is 0 Å². The molecule has 0 amide bonds. The highest BCUT2D eigenvalue weighted by atomic mass is 32.2. The minimum absolute atomic E-state index is 0.0739. The average molecular weight is 377 g/mol. The van der Waals surface area contributed by atoms with E-state index in [9.17, 15) is 18.5 Å². The Morgan fingerprint density at radius 1 is 1.29 bits per heavy atom. The lowest BCUT2D eigenvalue weighted by atomic mass is 10.4. The van der Waals surface area contributed by atoms with E-state index in [0.29, 0.717) is 0 Å². The van der Waals surface area contributed by atoms with E-state index in [4.69, 9.17) is 9.47 Å². The summed E-state index contributed by atoms with van der Waals surface area (Å²) >= 11 is 0. The van der Waals surface area contributed by atoms with Gasteiger partial charge in [0.1, 0.15) is 0 Å². The van der Waals surface area contributed by atoms with Crippen molar-refractivity contribution in [1.29, 1.82) is 0 Å². The summed E-state index contributed by atoms with van der Waals surface area (Å²) in [6, 6.07) is 7.42. The quantitative estimate of drug-likeness (QED) is 0.305. The number of methoxy groups -OCH3 is 1. The van der Waals surface area contributed by atoms with Crippen molar-refractivity contribution >= 4 is 18.1 Å². The highest BCUT2D eigenvalue weighted by molar-refractivity contribution is 7.89.